The van der Waals surface area contributed by atoms with Gasteiger partial charge < -0.3 is 0 Å². The maximum atomic E-state index is 6.81. The van der Waals surface area contributed by atoms with Crippen molar-refractivity contribution < 1.29 is 4.84 Å². The second kappa shape index (κ2) is 19.3. The molecular formula is C37H67NO. The van der Waals surface area contributed by atoms with Crippen LogP contribution < -0.4 is 0 Å². The number of hydrogen-bond donors (Lipinski definition) is 0. The first kappa shape index (κ1) is 34.3. The number of nitrogens with zero attached hydrogens (tertiary/aromatic N) is 1. The molecule has 0 bridgehead atoms. The van der Waals surface area contributed by atoms with Crippen LogP contribution in [-0.4, -0.2) is 16.1 Å². The molecule has 0 amide bonds. The van der Waals surface area contributed by atoms with E-state index in [0.717, 1.165) is 18.8 Å². The monoisotopic (exact) mass is 542 g/mol. The van der Waals surface area contributed by atoms with Gasteiger partial charge in [0, 0.05) is 11.1 Å². The van der Waals surface area contributed by atoms with Crippen LogP contribution in [0, 0.1) is 5.92 Å². The molecule has 2 unspecified atom stereocenters. The first-order valence-electron chi connectivity index (χ1n) is 17.4. The van der Waals surface area contributed by atoms with E-state index in [-0.39, 0.29) is 17.2 Å². The fraction of sp³-hybridized carbons (Fsp3) is 0.838. The van der Waals surface area contributed by atoms with Crippen LogP contribution in [0.15, 0.2) is 30.3 Å². The third-order valence-corrected chi connectivity index (χ3v) is 9.75. The van der Waals surface area contributed by atoms with Crippen molar-refractivity contribution in [3.63, 3.8) is 0 Å². The van der Waals surface area contributed by atoms with Crippen LogP contribution in [0.5, 0.6) is 0 Å². The molecule has 1 aliphatic rings. The first-order valence-corrected chi connectivity index (χ1v) is 17.4. The number of hydrogen-bond acceptors (Lipinski definition) is 2. The van der Waals surface area contributed by atoms with E-state index < -0.39 is 0 Å². The second-order valence-electron chi connectivity index (χ2n) is 13.6. The summed E-state index contributed by atoms with van der Waals surface area (Å²) in [6.45, 7) is 14.1. The third-order valence-electron chi connectivity index (χ3n) is 9.75. The molecule has 226 valence electrons. The Labute approximate surface area is 245 Å². The lowest BCUT2D eigenvalue weighted by atomic mass is 9.70. The molecule has 1 aliphatic heterocycles. The Balaban J connectivity index is 1.62. The van der Waals surface area contributed by atoms with Gasteiger partial charge in [-0.05, 0) is 57.9 Å². The number of benzene rings is 1. The zero-order valence-corrected chi connectivity index (χ0v) is 27.2. The van der Waals surface area contributed by atoms with Crippen molar-refractivity contribution in [3.05, 3.63) is 35.9 Å². The summed E-state index contributed by atoms with van der Waals surface area (Å²) in [7, 11) is 0. The van der Waals surface area contributed by atoms with Crippen LogP contribution >= 0.6 is 0 Å². The Kier molecular flexibility index (Phi) is 17.0. The minimum absolute atomic E-state index is 0.0625. The predicted molar refractivity (Wildman–Crippen MR) is 172 cm³/mol. The lowest BCUT2D eigenvalue weighted by molar-refractivity contribution is -0.320. The van der Waals surface area contributed by atoms with Gasteiger partial charge in [-0.1, -0.05) is 160 Å². The maximum absolute atomic E-state index is 6.81. The van der Waals surface area contributed by atoms with Crippen molar-refractivity contribution in [1.82, 2.24) is 5.06 Å². The van der Waals surface area contributed by atoms with E-state index in [0.29, 0.717) is 0 Å². The molecule has 1 aromatic carbocycles. The Morgan fingerprint density at radius 2 is 1.15 bits per heavy atom. The molecule has 1 saturated heterocycles. The SMILES string of the molecule is CCCCCCCCCCCCCCCCCCC1CC(C)(C)N(OC(C)c2ccccc2)C(CC)(CC)C1. The Morgan fingerprint density at radius 1 is 0.692 bits per heavy atom. The summed E-state index contributed by atoms with van der Waals surface area (Å²) in [5.41, 5.74) is 1.47. The van der Waals surface area contributed by atoms with E-state index in [4.69, 9.17) is 4.84 Å². The Morgan fingerprint density at radius 3 is 1.62 bits per heavy atom. The van der Waals surface area contributed by atoms with E-state index in [9.17, 15) is 0 Å². The first-order chi connectivity index (χ1) is 18.9. The summed E-state index contributed by atoms with van der Waals surface area (Å²) in [4.78, 5) is 6.81. The number of unbranched alkanes of at least 4 members (excludes halogenated alkanes) is 15. The van der Waals surface area contributed by atoms with Crippen LogP contribution in [0.3, 0.4) is 0 Å². The summed E-state index contributed by atoms with van der Waals surface area (Å²) in [6.07, 6.45) is 29.5. The summed E-state index contributed by atoms with van der Waals surface area (Å²) >= 11 is 0. The van der Waals surface area contributed by atoms with Crippen LogP contribution in [0.25, 0.3) is 0 Å². The molecule has 2 rings (SSSR count). The molecular weight excluding hydrogens is 474 g/mol. The molecule has 0 aliphatic carbocycles. The van der Waals surface area contributed by atoms with Crippen LogP contribution in [0.1, 0.15) is 188 Å². The molecule has 2 atom stereocenters. The zero-order valence-electron chi connectivity index (χ0n) is 27.2. The van der Waals surface area contributed by atoms with Crippen molar-refractivity contribution in [3.8, 4) is 0 Å². The summed E-state index contributed by atoms with van der Waals surface area (Å²) in [5, 5.41) is 2.45. The topological polar surface area (TPSA) is 12.5 Å². The van der Waals surface area contributed by atoms with Gasteiger partial charge in [0.2, 0.25) is 0 Å². The van der Waals surface area contributed by atoms with Crippen molar-refractivity contribution in [1.29, 1.82) is 0 Å². The van der Waals surface area contributed by atoms with Gasteiger partial charge in [0.15, 0.2) is 0 Å². The summed E-state index contributed by atoms with van der Waals surface area (Å²) < 4.78 is 0. The van der Waals surface area contributed by atoms with Gasteiger partial charge in [0.25, 0.3) is 0 Å². The standard InChI is InChI=1S/C37H67NO/c1-7-10-11-12-13-14-15-16-17-18-19-20-21-22-23-25-28-34-31-36(5,6)38(37(8-2,9-3)32-34)39-33(4)35-29-26-24-27-30-35/h24,26-27,29-30,33-34H,7-23,25,28,31-32H2,1-6H3. The molecule has 2 heteroatoms. The van der Waals surface area contributed by atoms with E-state index in [1.807, 2.05) is 0 Å². The average molecular weight is 542 g/mol. The average Bonchev–Trinajstić information content (AvgIpc) is 2.94. The highest BCUT2D eigenvalue weighted by Gasteiger charge is 2.50. The van der Waals surface area contributed by atoms with Gasteiger partial charge in [-0.3, -0.25) is 4.84 Å². The van der Waals surface area contributed by atoms with Gasteiger partial charge >= 0.3 is 0 Å². The smallest absolute Gasteiger partial charge is 0.102 e. The van der Waals surface area contributed by atoms with Crippen molar-refractivity contribution in [2.45, 2.75) is 194 Å². The molecule has 2 nitrogen and oxygen atoms in total. The largest absolute Gasteiger partial charge is 0.290 e. The molecule has 1 fully saturated rings. The summed E-state index contributed by atoms with van der Waals surface area (Å²) in [5.74, 6) is 0.818. The van der Waals surface area contributed by atoms with E-state index in [1.165, 1.54) is 128 Å². The van der Waals surface area contributed by atoms with Crippen molar-refractivity contribution >= 4 is 0 Å². The Hall–Kier alpha value is -0.860. The van der Waals surface area contributed by atoms with Crippen LogP contribution in [0.2, 0.25) is 0 Å². The third kappa shape index (κ3) is 12.3. The lowest BCUT2D eigenvalue weighted by Gasteiger charge is -2.57. The van der Waals surface area contributed by atoms with Crippen LogP contribution in [0.4, 0.5) is 0 Å². The van der Waals surface area contributed by atoms with Crippen molar-refractivity contribution in [2.24, 2.45) is 5.92 Å². The number of rotatable bonds is 22. The quantitative estimate of drug-likeness (QED) is 0.135. The van der Waals surface area contributed by atoms with E-state index in [2.05, 4.69) is 76.9 Å². The van der Waals surface area contributed by atoms with Crippen LogP contribution in [-0.2, 0) is 4.84 Å². The van der Waals surface area contributed by atoms with E-state index >= 15 is 0 Å². The molecule has 0 saturated carbocycles. The maximum Gasteiger partial charge on any atom is 0.102 e. The highest BCUT2D eigenvalue weighted by molar-refractivity contribution is 5.17. The molecule has 0 aromatic heterocycles. The lowest BCUT2D eigenvalue weighted by Crippen LogP contribution is -2.62. The van der Waals surface area contributed by atoms with Gasteiger partial charge in [0.05, 0.1) is 0 Å². The summed E-state index contributed by atoms with van der Waals surface area (Å²) in [6, 6.07) is 10.7. The molecule has 0 radical (unpaired) electrons. The van der Waals surface area contributed by atoms with Gasteiger partial charge in [0.1, 0.15) is 6.10 Å². The van der Waals surface area contributed by atoms with Gasteiger partial charge in [-0.2, -0.15) is 5.06 Å². The Bertz CT molecular complexity index is 709. The molecule has 1 heterocycles. The van der Waals surface area contributed by atoms with Gasteiger partial charge in [-0.15, -0.1) is 0 Å². The highest BCUT2D eigenvalue weighted by Crippen LogP contribution is 2.48. The molecule has 0 spiro atoms. The molecule has 0 N–H and O–H groups in total. The molecule has 39 heavy (non-hydrogen) atoms. The molecule has 1 aromatic rings. The highest BCUT2D eigenvalue weighted by atomic mass is 16.7. The normalized spacial score (nSPS) is 19.8. The zero-order chi connectivity index (χ0) is 28.4. The fourth-order valence-corrected chi connectivity index (χ4v) is 7.33. The van der Waals surface area contributed by atoms with Gasteiger partial charge in [-0.25, -0.2) is 0 Å². The number of hydroxylamine groups is 2. The fourth-order valence-electron chi connectivity index (χ4n) is 7.33. The minimum Gasteiger partial charge on any atom is -0.290 e. The minimum atomic E-state index is 0.0625. The van der Waals surface area contributed by atoms with Crippen molar-refractivity contribution in [2.75, 3.05) is 0 Å². The predicted octanol–water partition coefficient (Wildman–Crippen LogP) is 12.4. The number of piperidine rings is 1. The second-order valence-corrected chi connectivity index (χ2v) is 13.6. The van der Waals surface area contributed by atoms with E-state index in [1.54, 1.807) is 0 Å².